The Hall–Kier alpha value is -3.51. The molecule has 14 heteroatoms. The minimum atomic E-state index is -4.11. The Labute approximate surface area is 225 Å². The number of nitrogens with one attached hydrogen (secondary N) is 2. The molecule has 1 saturated carbocycles. The number of fused-ring (bicyclic) bond motifs is 1. The third-order valence-corrected chi connectivity index (χ3v) is 7.95. The maximum Gasteiger partial charge on any atom is 0.459 e. The highest BCUT2D eigenvalue weighted by Crippen LogP contribution is 2.56. The molecule has 13 nitrogen and oxygen atoms in total. The third kappa shape index (κ3) is 6.74. The Morgan fingerprint density at radius 2 is 2.10 bits per heavy atom. The number of aliphatic hydroxyl groups excluding tert-OH is 1. The molecule has 4 atom stereocenters. The van der Waals surface area contributed by atoms with Gasteiger partial charge in [0.05, 0.1) is 19.3 Å². The first-order valence-electron chi connectivity index (χ1n) is 12.6. The van der Waals surface area contributed by atoms with Crippen LogP contribution in [-0.2, 0) is 18.6 Å². The van der Waals surface area contributed by atoms with Gasteiger partial charge in [-0.2, -0.15) is 10.1 Å². The zero-order chi connectivity index (χ0) is 28.2. The van der Waals surface area contributed by atoms with Gasteiger partial charge in [0, 0.05) is 11.6 Å². The minimum Gasteiger partial charge on any atom is -0.462 e. The average molecular weight is 561 g/mol. The Kier molecular flexibility index (Phi) is 8.55. The summed E-state index contributed by atoms with van der Waals surface area (Å²) in [6.45, 7) is 4.81. The van der Waals surface area contributed by atoms with Crippen molar-refractivity contribution in [1.29, 1.82) is 0 Å². The molecule has 0 spiro atoms. The summed E-state index contributed by atoms with van der Waals surface area (Å²) < 4.78 is 32.3. The van der Waals surface area contributed by atoms with Gasteiger partial charge in [-0.05, 0) is 44.4 Å². The number of imidazole rings is 1. The topological polar surface area (TPSA) is 184 Å². The molecule has 1 aliphatic rings. The highest BCUT2D eigenvalue weighted by molar-refractivity contribution is 7.52. The van der Waals surface area contributed by atoms with E-state index in [-0.39, 0.29) is 42.2 Å². The number of rotatable bonds is 13. The number of hydrogen-bond acceptors (Lipinski definition) is 10. The first kappa shape index (κ1) is 28.5. The van der Waals surface area contributed by atoms with Gasteiger partial charge in [-0.3, -0.25) is 23.7 Å². The molecule has 4 rings (SSSR count). The number of nitrogen functional groups attached to an aromatic ring is 1. The molecule has 0 aliphatic heterocycles. The zero-order valence-electron chi connectivity index (χ0n) is 22.0. The quantitative estimate of drug-likeness (QED) is 0.178. The van der Waals surface area contributed by atoms with E-state index >= 15 is 0 Å². The van der Waals surface area contributed by atoms with Crippen molar-refractivity contribution in [2.24, 2.45) is 5.41 Å². The fourth-order valence-corrected chi connectivity index (χ4v) is 5.61. The first-order valence-corrected chi connectivity index (χ1v) is 14.1. The van der Waals surface area contributed by atoms with Crippen molar-refractivity contribution >= 4 is 37.0 Å². The van der Waals surface area contributed by atoms with Crippen molar-refractivity contribution in [3.8, 4) is 5.75 Å². The summed E-state index contributed by atoms with van der Waals surface area (Å²) in [4.78, 5) is 35.3. The molecule has 0 radical (unpaired) electrons. The first-order chi connectivity index (χ1) is 18.6. The van der Waals surface area contributed by atoms with Crippen LogP contribution in [0.15, 0.2) is 47.0 Å². The molecular weight excluding hydrogens is 527 g/mol. The van der Waals surface area contributed by atoms with Crippen molar-refractivity contribution in [3.63, 3.8) is 0 Å². The van der Waals surface area contributed by atoms with Gasteiger partial charge in [0.2, 0.25) is 5.95 Å². The van der Waals surface area contributed by atoms with Gasteiger partial charge in [-0.1, -0.05) is 31.5 Å². The van der Waals surface area contributed by atoms with E-state index in [0.717, 1.165) is 12.0 Å². The molecule has 210 valence electrons. The zero-order valence-corrected chi connectivity index (χ0v) is 22.9. The molecule has 1 fully saturated rings. The van der Waals surface area contributed by atoms with Crippen LogP contribution >= 0.6 is 7.75 Å². The van der Waals surface area contributed by atoms with E-state index in [0.29, 0.717) is 12.8 Å². The van der Waals surface area contributed by atoms with Crippen LogP contribution in [0.5, 0.6) is 5.75 Å². The van der Waals surface area contributed by atoms with E-state index in [9.17, 15) is 19.3 Å². The van der Waals surface area contributed by atoms with Gasteiger partial charge in [0.15, 0.2) is 11.2 Å². The van der Waals surface area contributed by atoms with Gasteiger partial charge >= 0.3 is 13.7 Å². The Morgan fingerprint density at radius 1 is 1.36 bits per heavy atom. The molecule has 0 amide bonds. The third-order valence-electron chi connectivity index (χ3n) is 6.33. The highest BCUT2D eigenvalue weighted by Gasteiger charge is 2.51. The summed E-state index contributed by atoms with van der Waals surface area (Å²) in [7, 11) is -4.11. The van der Waals surface area contributed by atoms with Crippen LogP contribution in [0, 0.1) is 5.41 Å². The molecule has 5 N–H and O–H groups in total. The number of aromatic amines is 1. The van der Waals surface area contributed by atoms with Crippen molar-refractivity contribution in [1.82, 2.24) is 24.6 Å². The summed E-state index contributed by atoms with van der Waals surface area (Å²) in [5, 5.41) is 12.9. The number of anilines is 1. The lowest BCUT2D eigenvalue weighted by atomic mass is 10.1. The lowest BCUT2D eigenvalue weighted by Crippen LogP contribution is -2.37. The number of ether oxygens (including phenoxy) is 1. The van der Waals surface area contributed by atoms with Crippen LogP contribution in [0.25, 0.3) is 17.4 Å². The van der Waals surface area contributed by atoms with Gasteiger partial charge in [0.25, 0.3) is 5.56 Å². The second-order valence-corrected chi connectivity index (χ2v) is 11.3. The number of para-hydroxylation sites is 1. The lowest BCUT2D eigenvalue weighted by molar-refractivity contribution is -0.150. The number of carbonyl (C=O) groups is 1. The van der Waals surface area contributed by atoms with Crippen molar-refractivity contribution in [2.45, 2.75) is 52.2 Å². The minimum absolute atomic E-state index is 0.0537. The van der Waals surface area contributed by atoms with Crippen LogP contribution in [-0.4, -0.2) is 56.0 Å². The van der Waals surface area contributed by atoms with Crippen molar-refractivity contribution in [3.05, 3.63) is 52.6 Å². The molecule has 0 bridgehead atoms. The monoisotopic (exact) mass is 560 g/mol. The Bertz CT molecular complexity index is 1460. The number of hydrogen-bond donors (Lipinski definition) is 4. The molecule has 2 heterocycles. The fraction of sp³-hybridized carbons (Fsp3) is 0.440. The summed E-state index contributed by atoms with van der Waals surface area (Å²) in [5.74, 6) is -0.368. The molecule has 1 aromatic carbocycles. The molecular formula is C25H33N6O7P. The number of H-pyrrole nitrogens is 1. The number of aromatic nitrogens is 4. The number of nitrogens with two attached hydrogens (primary N) is 1. The average Bonchev–Trinajstić information content (AvgIpc) is 3.43. The van der Waals surface area contributed by atoms with E-state index in [1.165, 1.54) is 17.8 Å². The number of aliphatic hydroxyl groups is 1. The van der Waals surface area contributed by atoms with Gasteiger partial charge in [-0.25, -0.2) is 9.55 Å². The van der Waals surface area contributed by atoms with Crippen LogP contribution in [0.2, 0.25) is 0 Å². The molecule has 39 heavy (non-hydrogen) atoms. The predicted molar refractivity (Wildman–Crippen MR) is 145 cm³/mol. The van der Waals surface area contributed by atoms with Crippen LogP contribution in [0.4, 0.5) is 5.95 Å². The smallest absolute Gasteiger partial charge is 0.459 e. The van der Waals surface area contributed by atoms with Crippen LogP contribution in [0.3, 0.4) is 0 Å². The summed E-state index contributed by atoms with van der Waals surface area (Å²) >= 11 is 0. The van der Waals surface area contributed by atoms with Crippen LogP contribution < -0.4 is 20.9 Å². The standard InChI is InChI=1S/C25H33N6O7P/c1-4-8-16(2)37-23(34)17(3)30-39(35,38-19-9-6-5-7-10-19)36-14-25(13-32)11-18(25)12-31-15-27-20-21(31)28-24(26)29-22(20)33/h5-7,9-10,12,15-17,32H,4,8,11,13-14H2,1-3H3,(H,30,35)(H3,26,28,29,33)/b18-12-/t16-,17-,25?,39?/m0/s1. The van der Waals surface area contributed by atoms with E-state index in [1.54, 1.807) is 43.5 Å². The molecule has 3 aromatic rings. The number of esters is 1. The van der Waals surface area contributed by atoms with Crippen LogP contribution in [0.1, 0.15) is 40.0 Å². The van der Waals surface area contributed by atoms with E-state index < -0.39 is 30.7 Å². The van der Waals surface area contributed by atoms with E-state index in [2.05, 4.69) is 20.0 Å². The SMILES string of the molecule is CCC[C@H](C)OC(=O)[C@H](C)NP(=O)(OCC1(CO)C/C1=C/n1cnc2c(=O)[nH]c(N)nc21)Oc1ccccc1. The summed E-state index contributed by atoms with van der Waals surface area (Å²) in [6, 6.07) is 7.42. The maximum absolute atomic E-state index is 13.8. The maximum atomic E-state index is 13.8. The predicted octanol–water partition coefficient (Wildman–Crippen LogP) is 2.84. The normalized spacial score (nSPS) is 20.9. The number of carbonyl (C=O) groups excluding carboxylic acids is 1. The summed E-state index contributed by atoms with van der Waals surface area (Å²) in [6.07, 6.45) is 4.76. The second kappa shape index (κ2) is 11.7. The van der Waals surface area contributed by atoms with Gasteiger partial charge < -0.3 is 20.1 Å². The largest absolute Gasteiger partial charge is 0.462 e. The van der Waals surface area contributed by atoms with Gasteiger partial charge in [0.1, 0.15) is 18.1 Å². The highest BCUT2D eigenvalue weighted by atomic mass is 31.2. The molecule has 0 saturated heterocycles. The summed E-state index contributed by atoms with van der Waals surface area (Å²) in [5.41, 5.74) is 5.46. The fourth-order valence-electron chi connectivity index (χ4n) is 4.03. The van der Waals surface area contributed by atoms with Gasteiger partial charge in [-0.15, -0.1) is 0 Å². The Morgan fingerprint density at radius 3 is 2.79 bits per heavy atom. The molecule has 2 aromatic heterocycles. The van der Waals surface area contributed by atoms with Crippen molar-refractivity contribution < 1.29 is 28.3 Å². The molecule has 2 unspecified atom stereocenters. The molecule has 1 aliphatic carbocycles. The Balaban J connectivity index is 1.52. The number of benzene rings is 1. The van der Waals surface area contributed by atoms with E-state index in [4.69, 9.17) is 19.5 Å². The van der Waals surface area contributed by atoms with E-state index in [1.807, 2.05) is 6.92 Å². The lowest BCUT2D eigenvalue weighted by Gasteiger charge is -2.25. The second-order valence-electron chi connectivity index (χ2n) is 9.61. The number of nitrogens with zero attached hydrogens (tertiary/aromatic N) is 3. The van der Waals surface area contributed by atoms with Crippen molar-refractivity contribution in [2.75, 3.05) is 18.9 Å².